The molecule has 0 atom stereocenters. The number of halogens is 2. The van der Waals surface area contributed by atoms with E-state index in [2.05, 4.69) is 6.92 Å². The van der Waals surface area contributed by atoms with Crippen LogP contribution in [0.3, 0.4) is 0 Å². The van der Waals surface area contributed by atoms with Crippen molar-refractivity contribution in [2.75, 3.05) is 0 Å². The van der Waals surface area contributed by atoms with Gasteiger partial charge in [0.2, 0.25) is 5.82 Å². The molecule has 1 N–H and O–H groups in total. The van der Waals surface area contributed by atoms with Gasteiger partial charge in [-0.25, -0.2) is 4.39 Å². The third kappa shape index (κ3) is 4.10. The molecule has 0 unspecified atom stereocenters. The van der Waals surface area contributed by atoms with Gasteiger partial charge in [0, 0.05) is 0 Å². The molecule has 0 heterocycles. The van der Waals surface area contributed by atoms with Gasteiger partial charge >= 0.3 is 0 Å². The highest BCUT2D eigenvalue weighted by Crippen LogP contribution is 2.42. The third-order valence-corrected chi connectivity index (χ3v) is 6.58. The standard InChI is InChI=1S/C21H30F2O/c1-14-2-7-16(8-3-14)17-9-4-15(5-10-17)6-11-18-12-13-19(24)21(23)20(18)22/h12-17,24H,2-11H2,1H3. The fourth-order valence-electron chi connectivity index (χ4n) is 4.84. The predicted molar refractivity (Wildman–Crippen MR) is 92.9 cm³/mol. The first-order valence-electron chi connectivity index (χ1n) is 9.70. The van der Waals surface area contributed by atoms with Crippen molar-refractivity contribution in [2.45, 2.75) is 71.1 Å². The van der Waals surface area contributed by atoms with Gasteiger partial charge in [0.05, 0.1) is 0 Å². The molecule has 2 aliphatic carbocycles. The fourth-order valence-corrected chi connectivity index (χ4v) is 4.84. The van der Waals surface area contributed by atoms with Crippen LogP contribution in [0.15, 0.2) is 12.1 Å². The Hall–Kier alpha value is -1.12. The highest BCUT2D eigenvalue weighted by Gasteiger charge is 2.29. The summed E-state index contributed by atoms with van der Waals surface area (Å²) in [5.41, 5.74) is 0.397. The van der Waals surface area contributed by atoms with Crippen molar-refractivity contribution in [2.24, 2.45) is 23.7 Å². The molecule has 24 heavy (non-hydrogen) atoms. The summed E-state index contributed by atoms with van der Waals surface area (Å²) in [6, 6.07) is 2.78. The van der Waals surface area contributed by atoms with E-state index in [1.54, 1.807) is 0 Å². The Balaban J connectivity index is 1.45. The topological polar surface area (TPSA) is 20.2 Å². The van der Waals surface area contributed by atoms with Crippen molar-refractivity contribution in [1.82, 2.24) is 0 Å². The van der Waals surface area contributed by atoms with Gasteiger partial charge in [-0.15, -0.1) is 0 Å². The molecule has 0 aliphatic heterocycles. The molecule has 2 saturated carbocycles. The highest BCUT2D eigenvalue weighted by molar-refractivity contribution is 5.29. The van der Waals surface area contributed by atoms with E-state index in [0.717, 1.165) is 24.2 Å². The Labute approximate surface area is 144 Å². The Bertz CT molecular complexity index is 541. The van der Waals surface area contributed by atoms with Crippen LogP contribution in [0, 0.1) is 35.3 Å². The molecule has 2 fully saturated rings. The molecule has 2 aliphatic rings. The lowest BCUT2D eigenvalue weighted by atomic mass is 9.69. The summed E-state index contributed by atoms with van der Waals surface area (Å²) in [5, 5.41) is 9.20. The number of aryl methyl sites for hydroxylation is 1. The Kier molecular flexibility index (Phi) is 5.78. The molecule has 0 aromatic heterocycles. The summed E-state index contributed by atoms with van der Waals surface area (Å²) in [6.07, 6.45) is 12.2. The van der Waals surface area contributed by atoms with Gasteiger partial charge in [0.25, 0.3) is 0 Å². The summed E-state index contributed by atoms with van der Waals surface area (Å²) in [4.78, 5) is 0. The van der Waals surface area contributed by atoms with Crippen LogP contribution >= 0.6 is 0 Å². The molecule has 0 saturated heterocycles. The molecule has 1 aromatic carbocycles. The maximum Gasteiger partial charge on any atom is 0.200 e. The van der Waals surface area contributed by atoms with Crippen molar-refractivity contribution in [1.29, 1.82) is 0 Å². The van der Waals surface area contributed by atoms with E-state index in [1.807, 2.05) is 0 Å². The van der Waals surface area contributed by atoms with Crippen molar-refractivity contribution < 1.29 is 13.9 Å². The van der Waals surface area contributed by atoms with Crippen LogP contribution in [0.2, 0.25) is 0 Å². The van der Waals surface area contributed by atoms with Crippen LogP contribution in [0.5, 0.6) is 5.75 Å². The zero-order valence-electron chi connectivity index (χ0n) is 14.7. The second-order valence-corrected chi connectivity index (χ2v) is 8.21. The molecule has 3 heteroatoms. The molecule has 1 aromatic rings. The SMILES string of the molecule is CC1CCC(C2CCC(CCc3ccc(O)c(F)c3F)CC2)CC1. The van der Waals surface area contributed by atoms with Crippen LogP contribution in [0.4, 0.5) is 8.78 Å². The lowest BCUT2D eigenvalue weighted by molar-refractivity contribution is 0.147. The van der Waals surface area contributed by atoms with Gasteiger partial charge in [0.15, 0.2) is 11.6 Å². The van der Waals surface area contributed by atoms with E-state index >= 15 is 0 Å². The third-order valence-electron chi connectivity index (χ3n) is 6.58. The van der Waals surface area contributed by atoms with Gasteiger partial charge in [-0.1, -0.05) is 38.7 Å². The maximum atomic E-state index is 13.8. The molecule has 0 radical (unpaired) electrons. The minimum absolute atomic E-state index is 0.397. The van der Waals surface area contributed by atoms with Gasteiger partial charge in [-0.05, 0) is 73.8 Å². The number of phenols is 1. The smallest absolute Gasteiger partial charge is 0.200 e. The molecular formula is C21H30F2O. The summed E-state index contributed by atoms with van der Waals surface area (Å²) >= 11 is 0. The summed E-state index contributed by atoms with van der Waals surface area (Å²) in [6.45, 7) is 2.37. The number of hydrogen-bond donors (Lipinski definition) is 1. The highest BCUT2D eigenvalue weighted by atomic mass is 19.2. The van der Waals surface area contributed by atoms with Crippen LogP contribution in [-0.4, -0.2) is 5.11 Å². The number of hydrogen-bond acceptors (Lipinski definition) is 1. The Morgan fingerprint density at radius 2 is 1.46 bits per heavy atom. The van der Waals surface area contributed by atoms with E-state index in [0.29, 0.717) is 17.9 Å². The van der Waals surface area contributed by atoms with Gasteiger partial charge < -0.3 is 5.11 Å². The van der Waals surface area contributed by atoms with E-state index in [-0.39, 0.29) is 0 Å². The lowest BCUT2D eigenvalue weighted by Crippen LogP contribution is -2.25. The number of phenolic OH excluding ortho intramolecular Hbond substituents is 1. The largest absolute Gasteiger partial charge is 0.505 e. The summed E-state index contributed by atoms with van der Waals surface area (Å²) < 4.78 is 27.2. The molecule has 0 amide bonds. The van der Waals surface area contributed by atoms with Gasteiger partial charge in [-0.3, -0.25) is 0 Å². The zero-order valence-corrected chi connectivity index (χ0v) is 14.7. The van der Waals surface area contributed by atoms with Crippen LogP contribution in [0.25, 0.3) is 0 Å². The van der Waals surface area contributed by atoms with Crippen LogP contribution < -0.4 is 0 Å². The molecule has 0 bridgehead atoms. The average Bonchev–Trinajstić information content (AvgIpc) is 2.60. The Morgan fingerprint density at radius 3 is 2.08 bits per heavy atom. The van der Waals surface area contributed by atoms with E-state index in [1.165, 1.54) is 63.5 Å². The minimum atomic E-state index is -1.11. The fraction of sp³-hybridized carbons (Fsp3) is 0.714. The van der Waals surface area contributed by atoms with E-state index < -0.39 is 17.4 Å². The number of rotatable bonds is 4. The first kappa shape index (κ1) is 17.7. The monoisotopic (exact) mass is 336 g/mol. The second kappa shape index (κ2) is 7.84. The van der Waals surface area contributed by atoms with E-state index in [9.17, 15) is 13.9 Å². The summed E-state index contributed by atoms with van der Waals surface area (Å²) in [7, 11) is 0. The molecule has 1 nitrogen and oxygen atoms in total. The van der Waals surface area contributed by atoms with Crippen molar-refractivity contribution in [3.8, 4) is 5.75 Å². The van der Waals surface area contributed by atoms with Crippen LogP contribution in [-0.2, 0) is 6.42 Å². The van der Waals surface area contributed by atoms with Crippen molar-refractivity contribution in [3.05, 3.63) is 29.3 Å². The maximum absolute atomic E-state index is 13.8. The van der Waals surface area contributed by atoms with E-state index in [4.69, 9.17) is 0 Å². The van der Waals surface area contributed by atoms with Crippen LogP contribution in [0.1, 0.15) is 70.3 Å². The minimum Gasteiger partial charge on any atom is -0.505 e. The second-order valence-electron chi connectivity index (χ2n) is 8.21. The van der Waals surface area contributed by atoms with Gasteiger partial charge in [-0.2, -0.15) is 4.39 Å². The quantitative estimate of drug-likeness (QED) is 0.690. The molecule has 0 spiro atoms. The molecule has 134 valence electrons. The lowest BCUT2D eigenvalue weighted by Gasteiger charge is -2.37. The first-order valence-corrected chi connectivity index (χ1v) is 9.70. The summed E-state index contributed by atoms with van der Waals surface area (Å²) in [5.74, 6) is 0.807. The number of aromatic hydroxyl groups is 1. The molecular weight excluding hydrogens is 306 g/mol. The predicted octanol–water partition coefficient (Wildman–Crippen LogP) is 6.24. The van der Waals surface area contributed by atoms with Gasteiger partial charge in [0.1, 0.15) is 0 Å². The van der Waals surface area contributed by atoms with Crippen molar-refractivity contribution >= 4 is 0 Å². The van der Waals surface area contributed by atoms with Crippen molar-refractivity contribution in [3.63, 3.8) is 0 Å². The molecule has 3 rings (SSSR count). The average molecular weight is 336 g/mol. The first-order chi connectivity index (χ1) is 11.5. The normalized spacial score (nSPS) is 31.1. The Morgan fingerprint density at radius 1 is 0.875 bits per heavy atom. The zero-order chi connectivity index (χ0) is 17.1. The number of benzene rings is 1.